The molecular formula is C12H20N6O3. The minimum Gasteiger partial charge on any atom is -0.394 e. The SMILES string of the molecule is CCCNc1nc(N)nc2c1ncn2COC(CO)CO. The lowest BCUT2D eigenvalue weighted by molar-refractivity contribution is -0.0488. The average Bonchev–Trinajstić information content (AvgIpc) is 2.89. The third-order valence-corrected chi connectivity index (χ3v) is 2.88. The van der Waals surface area contributed by atoms with Crippen LogP contribution in [-0.2, 0) is 11.5 Å². The van der Waals surface area contributed by atoms with E-state index in [1.165, 1.54) is 0 Å². The number of aliphatic hydroxyl groups excluding tert-OH is 2. The summed E-state index contributed by atoms with van der Waals surface area (Å²) in [6.45, 7) is 2.39. The fourth-order valence-electron chi connectivity index (χ4n) is 1.77. The van der Waals surface area contributed by atoms with Crippen LogP contribution in [0.4, 0.5) is 11.8 Å². The molecule has 0 saturated heterocycles. The second-order valence-electron chi connectivity index (χ2n) is 4.53. The molecule has 2 aromatic heterocycles. The Morgan fingerprint density at radius 3 is 2.81 bits per heavy atom. The number of anilines is 2. The number of imidazole rings is 1. The van der Waals surface area contributed by atoms with Crippen LogP contribution >= 0.6 is 0 Å². The van der Waals surface area contributed by atoms with Crippen LogP contribution in [0.15, 0.2) is 6.33 Å². The van der Waals surface area contributed by atoms with Crippen molar-refractivity contribution in [2.75, 3.05) is 30.8 Å². The molecule has 2 heterocycles. The molecule has 0 aliphatic carbocycles. The molecule has 0 aliphatic rings. The van der Waals surface area contributed by atoms with Gasteiger partial charge < -0.3 is 26.0 Å². The standard InChI is InChI=1S/C12H20N6O3/c1-2-3-14-10-9-11(17-12(13)16-10)18(6-15-9)7-21-8(4-19)5-20/h6,8,19-20H,2-5,7H2,1H3,(H3,13,14,16,17). The minimum absolute atomic E-state index is 0.103. The van der Waals surface area contributed by atoms with Gasteiger partial charge in [0.15, 0.2) is 17.0 Å². The van der Waals surface area contributed by atoms with Gasteiger partial charge in [0.2, 0.25) is 5.95 Å². The lowest BCUT2D eigenvalue weighted by Gasteiger charge is -2.13. The first-order valence-electron chi connectivity index (χ1n) is 6.75. The maximum Gasteiger partial charge on any atom is 0.224 e. The summed E-state index contributed by atoms with van der Waals surface area (Å²) in [5.41, 5.74) is 6.85. The summed E-state index contributed by atoms with van der Waals surface area (Å²) in [5.74, 6) is 0.725. The van der Waals surface area contributed by atoms with Gasteiger partial charge in [-0.3, -0.25) is 4.57 Å². The highest BCUT2D eigenvalue weighted by molar-refractivity contribution is 5.84. The van der Waals surface area contributed by atoms with Crippen molar-refractivity contribution < 1.29 is 14.9 Å². The molecule has 116 valence electrons. The highest BCUT2D eigenvalue weighted by Crippen LogP contribution is 2.19. The second-order valence-corrected chi connectivity index (χ2v) is 4.53. The van der Waals surface area contributed by atoms with Crippen LogP contribution in [0.1, 0.15) is 13.3 Å². The van der Waals surface area contributed by atoms with E-state index in [0.717, 1.165) is 13.0 Å². The zero-order valence-electron chi connectivity index (χ0n) is 11.9. The number of hydrogen-bond acceptors (Lipinski definition) is 8. The summed E-state index contributed by atoms with van der Waals surface area (Å²) in [6, 6.07) is 0. The highest BCUT2D eigenvalue weighted by Gasteiger charge is 2.13. The van der Waals surface area contributed by atoms with Gasteiger partial charge in [0.05, 0.1) is 19.5 Å². The largest absolute Gasteiger partial charge is 0.394 e. The predicted octanol–water partition coefficient (Wildman–Crippen LogP) is -0.442. The summed E-state index contributed by atoms with van der Waals surface area (Å²) in [5, 5.41) is 21.1. The smallest absolute Gasteiger partial charge is 0.224 e. The number of nitrogens with one attached hydrogen (secondary N) is 1. The van der Waals surface area contributed by atoms with E-state index in [1.54, 1.807) is 10.9 Å². The van der Waals surface area contributed by atoms with Crippen LogP contribution in [0.2, 0.25) is 0 Å². The molecule has 5 N–H and O–H groups in total. The summed E-state index contributed by atoms with van der Waals surface area (Å²) in [4.78, 5) is 12.6. The van der Waals surface area contributed by atoms with Gasteiger partial charge in [-0.15, -0.1) is 0 Å². The van der Waals surface area contributed by atoms with E-state index in [-0.39, 0.29) is 25.9 Å². The summed E-state index contributed by atoms with van der Waals surface area (Å²) >= 11 is 0. The number of nitrogens with zero attached hydrogens (tertiary/aromatic N) is 4. The Labute approximate surface area is 121 Å². The molecule has 0 atom stereocenters. The van der Waals surface area contributed by atoms with E-state index < -0.39 is 6.10 Å². The van der Waals surface area contributed by atoms with Gasteiger partial charge in [-0.05, 0) is 6.42 Å². The first kappa shape index (κ1) is 15.4. The highest BCUT2D eigenvalue weighted by atomic mass is 16.5. The number of ether oxygens (including phenoxy) is 1. The molecule has 0 bridgehead atoms. The number of nitrogens with two attached hydrogens (primary N) is 1. The molecule has 0 spiro atoms. The molecule has 0 aliphatic heterocycles. The van der Waals surface area contributed by atoms with Gasteiger partial charge in [0.25, 0.3) is 0 Å². The maximum atomic E-state index is 8.99. The monoisotopic (exact) mass is 296 g/mol. The van der Waals surface area contributed by atoms with E-state index in [1.807, 2.05) is 6.92 Å². The molecule has 0 radical (unpaired) electrons. The van der Waals surface area contributed by atoms with Gasteiger partial charge in [-0.1, -0.05) is 6.92 Å². The number of aliphatic hydroxyl groups is 2. The Kier molecular flexibility index (Phi) is 5.26. The minimum atomic E-state index is -0.640. The molecule has 2 rings (SSSR count). The van der Waals surface area contributed by atoms with Crippen molar-refractivity contribution in [1.29, 1.82) is 0 Å². The van der Waals surface area contributed by atoms with E-state index in [0.29, 0.717) is 17.0 Å². The quantitative estimate of drug-likeness (QED) is 0.515. The molecule has 0 unspecified atom stereocenters. The van der Waals surface area contributed by atoms with E-state index >= 15 is 0 Å². The third-order valence-electron chi connectivity index (χ3n) is 2.88. The van der Waals surface area contributed by atoms with Crippen molar-refractivity contribution in [3.05, 3.63) is 6.33 Å². The van der Waals surface area contributed by atoms with Crippen LogP contribution in [0, 0.1) is 0 Å². The van der Waals surface area contributed by atoms with Crippen LogP contribution in [0.5, 0.6) is 0 Å². The maximum absolute atomic E-state index is 8.99. The topological polar surface area (TPSA) is 131 Å². The van der Waals surface area contributed by atoms with Gasteiger partial charge in [0.1, 0.15) is 12.8 Å². The van der Waals surface area contributed by atoms with Crippen LogP contribution in [0.3, 0.4) is 0 Å². The van der Waals surface area contributed by atoms with Gasteiger partial charge in [-0.2, -0.15) is 9.97 Å². The Bertz CT molecular complexity index is 584. The van der Waals surface area contributed by atoms with E-state index in [9.17, 15) is 0 Å². The first-order chi connectivity index (χ1) is 10.2. The van der Waals surface area contributed by atoms with Crippen molar-refractivity contribution in [3.8, 4) is 0 Å². The molecule has 0 fully saturated rings. The molecule has 21 heavy (non-hydrogen) atoms. The molecule has 9 heteroatoms. The van der Waals surface area contributed by atoms with Gasteiger partial charge >= 0.3 is 0 Å². The predicted molar refractivity (Wildman–Crippen MR) is 77.6 cm³/mol. The zero-order valence-corrected chi connectivity index (χ0v) is 11.9. The van der Waals surface area contributed by atoms with Crippen molar-refractivity contribution in [2.24, 2.45) is 0 Å². The van der Waals surface area contributed by atoms with Gasteiger partial charge in [0, 0.05) is 6.54 Å². The number of rotatable bonds is 8. The fourth-order valence-corrected chi connectivity index (χ4v) is 1.77. The lowest BCUT2D eigenvalue weighted by atomic mass is 10.4. The van der Waals surface area contributed by atoms with Crippen LogP contribution in [-0.4, -0.2) is 55.6 Å². The summed E-state index contributed by atoms with van der Waals surface area (Å²) in [7, 11) is 0. The number of nitrogen functional groups attached to an aromatic ring is 1. The average molecular weight is 296 g/mol. The molecule has 0 saturated carbocycles. The fraction of sp³-hybridized carbons (Fsp3) is 0.583. The van der Waals surface area contributed by atoms with Crippen molar-refractivity contribution in [2.45, 2.75) is 26.2 Å². The summed E-state index contributed by atoms with van der Waals surface area (Å²) < 4.78 is 7.00. The number of hydrogen-bond donors (Lipinski definition) is 4. The van der Waals surface area contributed by atoms with Crippen molar-refractivity contribution in [3.63, 3.8) is 0 Å². The third kappa shape index (κ3) is 3.57. The normalized spacial score (nSPS) is 11.4. The molecular weight excluding hydrogens is 276 g/mol. The van der Waals surface area contributed by atoms with Crippen molar-refractivity contribution >= 4 is 22.9 Å². The van der Waals surface area contributed by atoms with Gasteiger partial charge in [-0.25, -0.2) is 4.98 Å². The lowest BCUT2D eigenvalue weighted by Crippen LogP contribution is -2.23. The number of aromatic nitrogens is 4. The second kappa shape index (κ2) is 7.16. The molecule has 9 nitrogen and oxygen atoms in total. The van der Waals surface area contributed by atoms with Crippen LogP contribution < -0.4 is 11.1 Å². The van der Waals surface area contributed by atoms with Crippen LogP contribution in [0.25, 0.3) is 11.2 Å². The molecule has 2 aromatic rings. The number of fused-ring (bicyclic) bond motifs is 1. The Hall–Kier alpha value is -1.97. The Morgan fingerprint density at radius 1 is 1.38 bits per heavy atom. The zero-order chi connectivity index (χ0) is 15.2. The first-order valence-corrected chi connectivity index (χ1v) is 6.75. The van der Waals surface area contributed by atoms with Crippen molar-refractivity contribution in [1.82, 2.24) is 19.5 Å². The van der Waals surface area contributed by atoms with E-state index in [2.05, 4.69) is 20.3 Å². The Morgan fingerprint density at radius 2 is 2.14 bits per heavy atom. The molecule has 0 amide bonds. The summed E-state index contributed by atoms with van der Waals surface area (Å²) in [6.07, 6.45) is 1.87. The Balaban J connectivity index is 2.24. The molecule has 0 aromatic carbocycles. The van der Waals surface area contributed by atoms with E-state index in [4.69, 9.17) is 20.7 Å².